The molecule has 0 aliphatic rings. The van der Waals surface area contributed by atoms with E-state index in [1.807, 2.05) is 31.2 Å². The van der Waals surface area contributed by atoms with Gasteiger partial charge >= 0.3 is 0 Å². The van der Waals surface area contributed by atoms with Gasteiger partial charge in [0, 0.05) is 17.8 Å². The summed E-state index contributed by atoms with van der Waals surface area (Å²) in [5, 5.41) is 7.45. The molecular formula is C15H15FN4O. The van der Waals surface area contributed by atoms with Crippen LogP contribution in [0.1, 0.15) is 24.2 Å². The normalized spacial score (nSPS) is 12.8. The van der Waals surface area contributed by atoms with E-state index in [0.717, 1.165) is 10.9 Å². The summed E-state index contributed by atoms with van der Waals surface area (Å²) in [5.41, 5.74) is 7.17. The third-order valence-electron chi connectivity index (χ3n) is 3.51. The van der Waals surface area contributed by atoms with Crippen LogP contribution >= 0.6 is 0 Å². The van der Waals surface area contributed by atoms with Crippen molar-refractivity contribution in [1.29, 1.82) is 0 Å². The van der Waals surface area contributed by atoms with E-state index in [1.165, 1.54) is 10.6 Å². The van der Waals surface area contributed by atoms with Crippen molar-refractivity contribution in [3.63, 3.8) is 0 Å². The van der Waals surface area contributed by atoms with Crippen molar-refractivity contribution in [3.8, 4) is 5.82 Å². The summed E-state index contributed by atoms with van der Waals surface area (Å²) in [4.78, 5) is 12.8. The summed E-state index contributed by atoms with van der Waals surface area (Å²) in [5.74, 6) is -0.396. The number of halogens is 1. The maximum absolute atomic E-state index is 13.2. The lowest BCUT2D eigenvalue weighted by Gasteiger charge is -2.15. The lowest BCUT2D eigenvalue weighted by atomic mass is 10.0. The van der Waals surface area contributed by atoms with Crippen LogP contribution in [-0.2, 0) is 0 Å². The minimum absolute atomic E-state index is 0.204. The zero-order chi connectivity index (χ0) is 15.1. The molecule has 1 atom stereocenters. The van der Waals surface area contributed by atoms with Crippen LogP contribution in [0.2, 0.25) is 0 Å². The Labute approximate surface area is 120 Å². The number of aryl methyl sites for hydroxylation is 1. The number of nitrogens with one attached hydrogen (secondary N) is 1. The highest BCUT2D eigenvalue weighted by Crippen LogP contribution is 2.21. The van der Waals surface area contributed by atoms with Gasteiger partial charge in [-0.2, -0.15) is 9.49 Å². The topological polar surface area (TPSA) is 76.7 Å². The average molecular weight is 286 g/mol. The predicted molar refractivity (Wildman–Crippen MR) is 79.0 cm³/mol. The van der Waals surface area contributed by atoms with Crippen LogP contribution in [0, 0.1) is 12.9 Å². The highest BCUT2D eigenvalue weighted by Gasteiger charge is 2.16. The molecule has 2 aromatic heterocycles. The molecule has 3 aromatic rings. The molecule has 21 heavy (non-hydrogen) atoms. The fraction of sp³-hybridized carbons (Fsp3) is 0.200. The van der Waals surface area contributed by atoms with Crippen molar-refractivity contribution in [2.45, 2.75) is 19.9 Å². The second kappa shape index (κ2) is 4.82. The number of benzene rings is 1. The SMILES string of the molecule is Cc1cccc2cc([C@H](C)N)n(-c3cc(F)[nH]n3)c(=O)c12. The van der Waals surface area contributed by atoms with Gasteiger partial charge in [-0.25, -0.2) is 0 Å². The second-order valence-corrected chi connectivity index (χ2v) is 5.11. The van der Waals surface area contributed by atoms with Crippen molar-refractivity contribution >= 4 is 10.8 Å². The van der Waals surface area contributed by atoms with Gasteiger partial charge in [0.2, 0.25) is 5.95 Å². The zero-order valence-electron chi connectivity index (χ0n) is 11.7. The number of aromatic amines is 1. The lowest BCUT2D eigenvalue weighted by molar-refractivity contribution is 0.579. The van der Waals surface area contributed by atoms with Gasteiger partial charge in [0.25, 0.3) is 5.56 Å². The Balaban J connectivity index is 2.46. The Bertz CT molecular complexity index is 879. The fourth-order valence-electron chi connectivity index (χ4n) is 2.53. The molecule has 1 aromatic carbocycles. The quantitative estimate of drug-likeness (QED) is 0.758. The number of pyridine rings is 1. The van der Waals surface area contributed by atoms with Gasteiger partial charge in [0.05, 0.1) is 5.39 Å². The van der Waals surface area contributed by atoms with Crippen LogP contribution < -0.4 is 11.3 Å². The largest absolute Gasteiger partial charge is 0.323 e. The van der Waals surface area contributed by atoms with Gasteiger partial charge in [-0.05, 0) is 30.9 Å². The summed E-state index contributed by atoms with van der Waals surface area (Å²) in [6, 6.07) is 8.26. The van der Waals surface area contributed by atoms with E-state index in [0.29, 0.717) is 11.1 Å². The molecule has 0 aliphatic carbocycles. The minimum atomic E-state index is -0.600. The Hall–Kier alpha value is -2.47. The molecule has 108 valence electrons. The first-order valence-corrected chi connectivity index (χ1v) is 6.61. The Morgan fingerprint density at radius 3 is 2.76 bits per heavy atom. The molecule has 0 spiro atoms. The van der Waals surface area contributed by atoms with Gasteiger partial charge in [-0.1, -0.05) is 18.2 Å². The summed E-state index contributed by atoms with van der Waals surface area (Å²) < 4.78 is 14.6. The summed E-state index contributed by atoms with van der Waals surface area (Å²) >= 11 is 0. The minimum Gasteiger partial charge on any atom is -0.323 e. The van der Waals surface area contributed by atoms with Crippen molar-refractivity contribution in [1.82, 2.24) is 14.8 Å². The van der Waals surface area contributed by atoms with Crippen LogP contribution in [0.4, 0.5) is 4.39 Å². The van der Waals surface area contributed by atoms with Crippen LogP contribution in [-0.4, -0.2) is 14.8 Å². The first-order chi connectivity index (χ1) is 9.99. The first-order valence-electron chi connectivity index (χ1n) is 6.61. The highest BCUT2D eigenvalue weighted by atomic mass is 19.1. The average Bonchev–Trinajstić information content (AvgIpc) is 2.84. The standard InChI is InChI=1S/C15H15FN4O/c1-8-4-3-5-10-6-11(9(2)17)20(15(21)14(8)10)13-7-12(16)18-19-13/h3-7,9H,17H2,1-2H3,(H,18,19)/t9-/m0/s1. The number of nitrogens with two attached hydrogens (primary N) is 1. The second-order valence-electron chi connectivity index (χ2n) is 5.11. The van der Waals surface area contributed by atoms with E-state index >= 15 is 0 Å². The molecule has 3 rings (SSSR count). The molecule has 2 heterocycles. The molecule has 0 saturated heterocycles. The Morgan fingerprint density at radius 1 is 1.38 bits per heavy atom. The van der Waals surface area contributed by atoms with Crippen molar-refractivity contribution in [3.05, 3.63) is 57.9 Å². The maximum Gasteiger partial charge on any atom is 0.264 e. The molecule has 0 aliphatic heterocycles. The third kappa shape index (κ3) is 2.13. The van der Waals surface area contributed by atoms with E-state index in [9.17, 15) is 9.18 Å². The van der Waals surface area contributed by atoms with Crippen LogP contribution in [0.15, 0.2) is 35.1 Å². The van der Waals surface area contributed by atoms with Crippen LogP contribution in [0.25, 0.3) is 16.6 Å². The van der Waals surface area contributed by atoms with Gasteiger partial charge in [0.15, 0.2) is 5.82 Å². The Morgan fingerprint density at radius 2 is 2.14 bits per heavy atom. The first kappa shape index (κ1) is 13.5. The zero-order valence-corrected chi connectivity index (χ0v) is 11.7. The third-order valence-corrected chi connectivity index (χ3v) is 3.51. The molecule has 6 heteroatoms. The van der Waals surface area contributed by atoms with Crippen molar-refractivity contribution in [2.75, 3.05) is 0 Å². The number of H-pyrrole nitrogens is 1. The molecule has 0 unspecified atom stereocenters. The monoisotopic (exact) mass is 286 g/mol. The van der Waals surface area contributed by atoms with Gasteiger partial charge in [-0.3, -0.25) is 14.5 Å². The van der Waals surface area contributed by atoms with E-state index in [1.54, 1.807) is 6.92 Å². The molecule has 5 nitrogen and oxygen atoms in total. The van der Waals surface area contributed by atoms with E-state index < -0.39 is 5.95 Å². The molecule has 0 saturated carbocycles. The van der Waals surface area contributed by atoms with E-state index in [4.69, 9.17) is 5.73 Å². The van der Waals surface area contributed by atoms with Crippen LogP contribution in [0.3, 0.4) is 0 Å². The maximum atomic E-state index is 13.2. The number of fused-ring (bicyclic) bond motifs is 1. The smallest absolute Gasteiger partial charge is 0.264 e. The number of hydrogen-bond acceptors (Lipinski definition) is 3. The lowest BCUT2D eigenvalue weighted by Crippen LogP contribution is -2.26. The molecular weight excluding hydrogens is 271 g/mol. The van der Waals surface area contributed by atoms with Crippen molar-refractivity contribution < 1.29 is 4.39 Å². The number of aromatic nitrogens is 3. The van der Waals surface area contributed by atoms with Crippen LogP contribution in [0.5, 0.6) is 0 Å². The van der Waals surface area contributed by atoms with Gasteiger partial charge < -0.3 is 5.73 Å². The predicted octanol–water partition coefficient (Wildman–Crippen LogP) is 2.18. The van der Waals surface area contributed by atoms with E-state index in [-0.39, 0.29) is 17.4 Å². The van der Waals surface area contributed by atoms with Gasteiger partial charge in [-0.15, -0.1) is 0 Å². The molecule has 3 N–H and O–H groups in total. The van der Waals surface area contributed by atoms with Gasteiger partial charge in [0.1, 0.15) is 0 Å². The number of nitrogens with zero attached hydrogens (tertiary/aromatic N) is 2. The molecule has 0 bridgehead atoms. The molecule has 0 fully saturated rings. The highest BCUT2D eigenvalue weighted by molar-refractivity contribution is 5.85. The van der Waals surface area contributed by atoms with Crippen molar-refractivity contribution in [2.24, 2.45) is 5.73 Å². The molecule has 0 amide bonds. The number of rotatable bonds is 2. The Kier molecular flexibility index (Phi) is 3.10. The fourth-order valence-corrected chi connectivity index (χ4v) is 2.53. The summed E-state index contributed by atoms with van der Waals surface area (Å²) in [7, 11) is 0. The number of hydrogen-bond donors (Lipinski definition) is 2. The molecule has 0 radical (unpaired) electrons. The summed E-state index contributed by atoms with van der Waals surface area (Å²) in [6.07, 6.45) is 0. The van der Waals surface area contributed by atoms with E-state index in [2.05, 4.69) is 10.2 Å². The summed E-state index contributed by atoms with van der Waals surface area (Å²) in [6.45, 7) is 3.64.